The molecule has 220 valence electrons. The molecule has 0 aliphatic carbocycles. The summed E-state index contributed by atoms with van der Waals surface area (Å²) >= 11 is 0. The van der Waals surface area contributed by atoms with Gasteiger partial charge in [0.15, 0.2) is 0 Å². The predicted molar refractivity (Wildman–Crippen MR) is 150 cm³/mol. The van der Waals surface area contributed by atoms with Crippen molar-refractivity contribution < 1.29 is 38.3 Å². The molecule has 2 amide bonds. The zero-order valence-electron chi connectivity index (χ0n) is 23.1. The maximum absolute atomic E-state index is 13.6. The van der Waals surface area contributed by atoms with E-state index in [1.165, 1.54) is 31.4 Å². The van der Waals surface area contributed by atoms with E-state index in [-0.39, 0.29) is 25.1 Å². The number of rotatable bonds is 13. The molecule has 2 N–H and O–H groups in total. The Morgan fingerprint density at radius 2 is 1.40 bits per heavy atom. The Morgan fingerprint density at radius 1 is 0.810 bits per heavy atom. The highest BCUT2D eigenvalue weighted by Crippen LogP contribution is 2.27. The van der Waals surface area contributed by atoms with Gasteiger partial charge in [-0.05, 0) is 16.7 Å². The van der Waals surface area contributed by atoms with E-state index in [0.717, 1.165) is 18.2 Å². The van der Waals surface area contributed by atoms with Crippen LogP contribution in [-0.4, -0.2) is 55.2 Å². The molecule has 0 aromatic heterocycles. The number of nitro benzene ring substituents is 1. The van der Waals surface area contributed by atoms with Crippen molar-refractivity contribution >= 4 is 29.6 Å². The fourth-order valence-corrected chi connectivity index (χ4v) is 4.20. The molecule has 42 heavy (non-hydrogen) atoms. The summed E-state index contributed by atoms with van der Waals surface area (Å²) in [6.07, 6.45) is -1.16. The van der Waals surface area contributed by atoms with Crippen molar-refractivity contribution in [3.8, 4) is 0 Å². The minimum atomic E-state index is -1.41. The van der Waals surface area contributed by atoms with Gasteiger partial charge in [-0.25, -0.2) is 9.59 Å². The van der Waals surface area contributed by atoms with E-state index in [0.29, 0.717) is 5.56 Å². The Kier molecular flexibility index (Phi) is 11.5. The molecule has 0 saturated heterocycles. The van der Waals surface area contributed by atoms with E-state index >= 15 is 0 Å². The van der Waals surface area contributed by atoms with E-state index in [1.54, 1.807) is 54.6 Å². The maximum atomic E-state index is 13.6. The summed E-state index contributed by atoms with van der Waals surface area (Å²) in [6, 6.07) is 20.5. The number of methoxy groups -OCH3 is 2. The number of non-ortho nitro benzene ring substituents is 1. The summed E-state index contributed by atoms with van der Waals surface area (Å²) in [4.78, 5) is 62.2. The molecule has 0 aliphatic heterocycles. The van der Waals surface area contributed by atoms with Gasteiger partial charge in [-0.3, -0.25) is 19.7 Å². The van der Waals surface area contributed by atoms with E-state index in [4.69, 9.17) is 14.2 Å². The molecule has 3 aromatic rings. The number of hydrogen-bond acceptors (Lipinski definition) is 9. The molecule has 3 atom stereocenters. The molecule has 3 rings (SSSR count). The Hall–Kier alpha value is -5.26. The van der Waals surface area contributed by atoms with Crippen molar-refractivity contribution in [2.24, 2.45) is 0 Å². The zero-order chi connectivity index (χ0) is 30.5. The molecule has 12 nitrogen and oxygen atoms in total. The molecular formula is C30H31N3O9. The molecule has 0 unspecified atom stereocenters. The first kappa shape index (κ1) is 31.3. The second-order valence-corrected chi connectivity index (χ2v) is 9.19. The smallest absolute Gasteiger partial charge is 0.408 e. The normalized spacial score (nSPS) is 12.6. The van der Waals surface area contributed by atoms with Crippen LogP contribution in [0.5, 0.6) is 0 Å². The van der Waals surface area contributed by atoms with Gasteiger partial charge < -0.3 is 24.8 Å². The molecule has 3 aromatic carbocycles. The van der Waals surface area contributed by atoms with Gasteiger partial charge in [0.1, 0.15) is 18.7 Å². The lowest BCUT2D eigenvalue weighted by Crippen LogP contribution is -2.54. The van der Waals surface area contributed by atoms with Crippen LogP contribution in [-0.2, 0) is 41.6 Å². The number of nitrogens with one attached hydrogen (secondary N) is 2. The number of amides is 2. The highest BCUT2D eigenvalue weighted by molar-refractivity contribution is 5.90. The van der Waals surface area contributed by atoms with Crippen molar-refractivity contribution in [2.45, 2.75) is 37.5 Å². The molecule has 0 spiro atoms. The summed E-state index contributed by atoms with van der Waals surface area (Å²) in [5, 5.41) is 16.3. The first-order valence-electron chi connectivity index (χ1n) is 12.9. The van der Waals surface area contributed by atoms with Crippen molar-refractivity contribution in [3.63, 3.8) is 0 Å². The van der Waals surface area contributed by atoms with Gasteiger partial charge in [-0.1, -0.05) is 72.8 Å². The Bertz CT molecular complexity index is 1370. The van der Waals surface area contributed by atoms with Gasteiger partial charge in [0.2, 0.25) is 5.91 Å². The first-order chi connectivity index (χ1) is 20.2. The third-order valence-electron chi connectivity index (χ3n) is 6.41. The highest BCUT2D eigenvalue weighted by atomic mass is 16.6. The summed E-state index contributed by atoms with van der Waals surface area (Å²) < 4.78 is 15.0. The number of esters is 2. The van der Waals surface area contributed by atoms with Crippen LogP contribution >= 0.6 is 0 Å². The number of carbonyl (C=O) groups excluding carboxylic acids is 4. The lowest BCUT2D eigenvalue weighted by Gasteiger charge is -2.28. The number of nitrogens with zero attached hydrogens (tertiary/aromatic N) is 1. The molecule has 0 saturated carbocycles. The van der Waals surface area contributed by atoms with Crippen LogP contribution in [0.1, 0.15) is 29.0 Å². The van der Waals surface area contributed by atoms with Gasteiger partial charge >= 0.3 is 18.0 Å². The van der Waals surface area contributed by atoms with Crippen LogP contribution in [0.3, 0.4) is 0 Å². The van der Waals surface area contributed by atoms with Crippen molar-refractivity contribution in [3.05, 3.63) is 112 Å². The fraction of sp³-hybridized carbons (Fsp3) is 0.267. The maximum Gasteiger partial charge on any atom is 0.408 e. The number of benzene rings is 3. The average Bonchev–Trinajstić information content (AvgIpc) is 3.01. The predicted octanol–water partition coefficient (Wildman–Crippen LogP) is 3.44. The van der Waals surface area contributed by atoms with Gasteiger partial charge in [0.25, 0.3) is 5.69 Å². The number of hydrogen-bond donors (Lipinski definition) is 2. The van der Waals surface area contributed by atoms with Crippen molar-refractivity contribution in [1.29, 1.82) is 0 Å². The second-order valence-electron chi connectivity index (χ2n) is 9.19. The van der Waals surface area contributed by atoms with Crippen molar-refractivity contribution in [1.82, 2.24) is 10.6 Å². The summed E-state index contributed by atoms with van der Waals surface area (Å²) in [5.41, 5.74) is 1.61. The largest absolute Gasteiger partial charge is 0.469 e. The molecule has 0 bridgehead atoms. The van der Waals surface area contributed by atoms with Crippen molar-refractivity contribution in [2.75, 3.05) is 14.2 Å². The minimum absolute atomic E-state index is 0.0293. The van der Waals surface area contributed by atoms with Crippen LogP contribution in [0.2, 0.25) is 0 Å². The topological polar surface area (TPSA) is 163 Å². The van der Waals surface area contributed by atoms with E-state index in [1.807, 2.05) is 6.07 Å². The zero-order valence-corrected chi connectivity index (χ0v) is 23.1. The number of nitro groups is 1. The highest BCUT2D eigenvalue weighted by Gasteiger charge is 2.36. The van der Waals surface area contributed by atoms with Crippen LogP contribution < -0.4 is 10.6 Å². The van der Waals surface area contributed by atoms with Gasteiger partial charge in [0.05, 0.1) is 25.6 Å². The SMILES string of the molecule is COC(=O)C[C@H](c1ccc([N+](=O)[O-])cc1)[C@H](NC(=O)[C@@H](Cc1ccccc1)NC(=O)OCc1ccccc1)C(=O)OC. The lowest BCUT2D eigenvalue weighted by molar-refractivity contribution is -0.384. The lowest BCUT2D eigenvalue weighted by atomic mass is 9.87. The van der Waals surface area contributed by atoms with Gasteiger partial charge in [-0.2, -0.15) is 0 Å². The van der Waals surface area contributed by atoms with Gasteiger partial charge in [-0.15, -0.1) is 0 Å². The quantitative estimate of drug-likeness (QED) is 0.134. The number of alkyl carbamates (subject to hydrolysis) is 1. The Labute approximate surface area is 242 Å². The third kappa shape index (κ3) is 9.15. The second kappa shape index (κ2) is 15.5. The Morgan fingerprint density at radius 3 is 1.95 bits per heavy atom. The summed E-state index contributed by atoms with van der Waals surface area (Å²) in [7, 11) is 2.29. The minimum Gasteiger partial charge on any atom is -0.469 e. The van der Waals surface area contributed by atoms with Crippen LogP contribution in [0.25, 0.3) is 0 Å². The summed E-state index contributed by atoms with van der Waals surface area (Å²) in [6.45, 7) is -0.0293. The Balaban J connectivity index is 1.88. The standard InChI is InChI=1S/C30H31N3O9/c1-40-26(34)18-24(22-13-15-23(16-14-22)33(38)39)27(29(36)41-2)32-28(35)25(17-20-9-5-3-6-10-20)31-30(37)42-19-21-11-7-4-8-12-21/h3-16,24-25,27H,17-19H2,1-2H3,(H,31,37)(H,32,35)/t24-,25-,27+/m1/s1. The summed E-state index contributed by atoms with van der Waals surface area (Å²) in [5.74, 6) is -3.33. The van der Waals surface area contributed by atoms with E-state index < -0.39 is 46.9 Å². The van der Waals surface area contributed by atoms with E-state index in [2.05, 4.69) is 10.6 Å². The fourth-order valence-electron chi connectivity index (χ4n) is 4.20. The van der Waals surface area contributed by atoms with Gasteiger partial charge in [0, 0.05) is 24.5 Å². The third-order valence-corrected chi connectivity index (χ3v) is 6.41. The number of ether oxygens (including phenoxy) is 3. The van der Waals surface area contributed by atoms with Crippen LogP contribution in [0.4, 0.5) is 10.5 Å². The average molecular weight is 578 g/mol. The molecule has 0 heterocycles. The molecule has 0 aliphatic rings. The van der Waals surface area contributed by atoms with E-state index in [9.17, 15) is 29.3 Å². The molecular weight excluding hydrogens is 546 g/mol. The van der Waals surface area contributed by atoms with Crippen LogP contribution in [0.15, 0.2) is 84.9 Å². The molecule has 0 fully saturated rings. The molecule has 0 radical (unpaired) electrons. The number of carbonyl (C=O) groups is 4. The van der Waals surface area contributed by atoms with Crippen LogP contribution in [0, 0.1) is 10.1 Å². The monoisotopic (exact) mass is 577 g/mol. The first-order valence-corrected chi connectivity index (χ1v) is 12.9. The molecule has 12 heteroatoms.